The van der Waals surface area contributed by atoms with Crippen LogP contribution < -0.4 is 5.73 Å². The largest absolute Gasteiger partial charge is 0.444 e. The van der Waals surface area contributed by atoms with Crippen molar-refractivity contribution in [3.05, 3.63) is 23.8 Å². The van der Waals surface area contributed by atoms with E-state index >= 15 is 0 Å². The minimum absolute atomic E-state index is 0.0778. The van der Waals surface area contributed by atoms with Crippen LogP contribution in [0.2, 0.25) is 0 Å². The molecule has 28 heavy (non-hydrogen) atoms. The number of pyridine rings is 1. The maximum atomic E-state index is 14.0. The standard InChI is InChI=1S/C20H26FN3O4/c1-19(2,3)28-18(25)24-12-14(27-20(13-24)6-8-26-9-7-20)4-5-15-16(21)10-23-11-17(15)22/h10-11,14H,6-9,12-13,22H2,1-3H3/t14-/m1/s1. The Bertz CT molecular complexity index is 771. The van der Waals surface area contributed by atoms with Crippen LogP contribution in [0.1, 0.15) is 39.2 Å². The molecule has 8 heteroatoms. The van der Waals surface area contributed by atoms with E-state index in [9.17, 15) is 9.18 Å². The van der Waals surface area contributed by atoms with E-state index in [0.717, 1.165) is 6.20 Å². The summed E-state index contributed by atoms with van der Waals surface area (Å²) < 4.78 is 31.2. The summed E-state index contributed by atoms with van der Waals surface area (Å²) in [7, 11) is 0. The lowest BCUT2D eigenvalue weighted by atomic mass is 9.91. The van der Waals surface area contributed by atoms with Gasteiger partial charge >= 0.3 is 6.09 Å². The number of ether oxygens (including phenoxy) is 3. The van der Waals surface area contributed by atoms with Crippen molar-refractivity contribution in [3.8, 4) is 11.8 Å². The van der Waals surface area contributed by atoms with Crippen LogP contribution in [0, 0.1) is 17.7 Å². The van der Waals surface area contributed by atoms with Crippen LogP contribution in [0.4, 0.5) is 14.9 Å². The molecule has 1 spiro atoms. The van der Waals surface area contributed by atoms with Gasteiger partial charge in [-0.05, 0) is 20.8 Å². The van der Waals surface area contributed by atoms with Crippen LogP contribution in [0.25, 0.3) is 0 Å². The first kappa shape index (κ1) is 20.4. The molecule has 0 saturated carbocycles. The van der Waals surface area contributed by atoms with E-state index in [4.69, 9.17) is 19.9 Å². The number of nitrogens with two attached hydrogens (primary N) is 1. The Labute approximate surface area is 164 Å². The molecule has 1 aromatic rings. The third-order valence-electron chi connectivity index (χ3n) is 4.60. The van der Waals surface area contributed by atoms with Gasteiger partial charge in [-0.3, -0.25) is 4.98 Å². The maximum Gasteiger partial charge on any atom is 0.410 e. The molecule has 3 heterocycles. The quantitative estimate of drug-likeness (QED) is 0.683. The molecule has 2 fully saturated rings. The summed E-state index contributed by atoms with van der Waals surface area (Å²) in [6.07, 6.45) is 2.71. The number of hydrogen-bond acceptors (Lipinski definition) is 6. The highest BCUT2D eigenvalue weighted by atomic mass is 19.1. The van der Waals surface area contributed by atoms with E-state index in [0.29, 0.717) is 32.6 Å². The number of hydrogen-bond donors (Lipinski definition) is 1. The first-order valence-corrected chi connectivity index (χ1v) is 9.31. The zero-order valence-electron chi connectivity index (χ0n) is 16.5. The third kappa shape index (κ3) is 4.91. The predicted molar refractivity (Wildman–Crippen MR) is 101 cm³/mol. The molecule has 1 aromatic heterocycles. The van der Waals surface area contributed by atoms with Gasteiger partial charge < -0.3 is 24.8 Å². The molecule has 2 aliphatic heterocycles. The first-order chi connectivity index (χ1) is 13.2. The summed E-state index contributed by atoms with van der Waals surface area (Å²) in [5, 5.41) is 0. The molecule has 1 amide bonds. The van der Waals surface area contributed by atoms with E-state index in [-0.39, 0.29) is 17.8 Å². The average Bonchev–Trinajstić information content (AvgIpc) is 2.60. The molecule has 0 aliphatic carbocycles. The molecular weight excluding hydrogens is 365 g/mol. The Morgan fingerprint density at radius 2 is 2.11 bits per heavy atom. The second kappa shape index (κ2) is 7.94. The van der Waals surface area contributed by atoms with Crippen LogP contribution in [0.15, 0.2) is 12.4 Å². The second-order valence-corrected chi connectivity index (χ2v) is 8.12. The molecule has 0 unspecified atom stereocenters. The lowest BCUT2D eigenvalue weighted by Gasteiger charge is -2.46. The highest BCUT2D eigenvalue weighted by Gasteiger charge is 2.44. The van der Waals surface area contributed by atoms with Crippen molar-refractivity contribution in [2.24, 2.45) is 0 Å². The molecular formula is C20H26FN3O4. The second-order valence-electron chi connectivity index (χ2n) is 8.12. The predicted octanol–water partition coefficient (Wildman–Crippen LogP) is 2.34. The number of halogens is 1. The number of morpholine rings is 1. The van der Waals surface area contributed by atoms with Crippen molar-refractivity contribution in [1.82, 2.24) is 9.88 Å². The number of amides is 1. The van der Waals surface area contributed by atoms with E-state index in [1.807, 2.05) is 20.8 Å². The summed E-state index contributed by atoms with van der Waals surface area (Å²) in [6, 6.07) is 0. The number of aromatic nitrogens is 1. The van der Waals surface area contributed by atoms with Gasteiger partial charge in [0.1, 0.15) is 11.7 Å². The number of rotatable bonds is 0. The summed E-state index contributed by atoms with van der Waals surface area (Å²) in [6.45, 7) is 7.21. The van der Waals surface area contributed by atoms with Gasteiger partial charge in [-0.15, -0.1) is 0 Å². The van der Waals surface area contributed by atoms with Gasteiger partial charge in [0.25, 0.3) is 0 Å². The molecule has 2 saturated heterocycles. The van der Waals surface area contributed by atoms with Crippen molar-refractivity contribution >= 4 is 11.8 Å². The summed E-state index contributed by atoms with van der Waals surface area (Å²) >= 11 is 0. The third-order valence-corrected chi connectivity index (χ3v) is 4.60. The van der Waals surface area contributed by atoms with Crippen molar-refractivity contribution in [2.75, 3.05) is 32.0 Å². The van der Waals surface area contributed by atoms with E-state index in [2.05, 4.69) is 16.8 Å². The molecule has 0 aromatic carbocycles. The lowest BCUT2D eigenvalue weighted by molar-refractivity contribution is -0.170. The van der Waals surface area contributed by atoms with Gasteiger partial charge in [-0.25, -0.2) is 9.18 Å². The monoisotopic (exact) mass is 391 g/mol. The average molecular weight is 391 g/mol. The van der Waals surface area contributed by atoms with Gasteiger partial charge in [0.05, 0.1) is 42.3 Å². The Morgan fingerprint density at radius 1 is 1.39 bits per heavy atom. The Balaban J connectivity index is 1.84. The molecule has 0 bridgehead atoms. The van der Waals surface area contributed by atoms with E-state index < -0.39 is 29.2 Å². The number of nitrogens with zero attached hydrogens (tertiary/aromatic N) is 2. The molecule has 2 N–H and O–H groups in total. The summed E-state index contributed by atoms with van der Waals surface area (Å²) in [4.78, 5) is 18.0. The van der Waals surface area contributed by atoms with E-state index in [1.165, 1.54) is 6.20 Å². The minimum Gasteiger partial charge on any atom is -0.444 e. The number of carbonyl (C=O) groups excluding carboxylic acids is 1. The van der Waals surface area contributed by atoms with Gasteiger partial charge in [0.15, 0.2) is 5.82 Å². The molecule has 1 atom stereocenters. The fourth-order valence-corrected chi connectivity index (χ4v) is 3.28. The van der Waals surface area contributed by atoms with Gasteiger partial charge in [-0.1, -0.05) is 11.8 Å². The summed E-state index contributed by atoms with van der Waals surface area (Å²) in [5.41, 5.74) is 4.86. The zero-order valence-corrected chi connectivity index (χ0v) is 16.5. The molecule has 0 radical (unpaired) electrons. The fourth-order valence-electron chi connectivity index (χ4n) is 3.28. The highest BCUT2D eigenvalue weighted by Crippen LogP contribution is 2.32. The fraction of sp³-hybridized carbons (Fsp3) is 0.600. The number of carbonyl (C=O) groups is 1. The van der Waals surface area contributed by atoms with Crippen LogP contribution in [0.5, 0.6) is 0 Å². The summed E-state index contributed by atoms with van der Waals surface area (Å²) in [5.74, 6) is 5.09. The van der Waals surface area contributed by atoms with Gasteiger partial charge in [0, 0.05) is 26.1 Å². The van der Waals surface area contributed by atoms with Gasteiger partial charge in [0.2, 0.25) is 0 Å². The van der Waals surface area contributed by atoms with Crippen molar-refractivity contribution in [1.29, 1.82) is 0 Å². The van der Waals surface area contributed by atoms with Crippen molar-refractivity contribution in [3.63, 3.8) is 0 Å². The Hall–Kier alpha value is -2.37. The minimum atomic E-state index is -0.603. The molecule has 3 rings (SSSR count). The zero-order chi connectivity index (χ0) is 20.4. The highest BCUT2D eigenvalue weighted by molar-refractivity contribution is 5.68. The van der Waals surface area contributed by atoms with Crippen LogP contribution in [-0.2, 0) is 14.2 Å². The molecule has 2 aliphatic rings. The van der Waals surface area contributed by atoms with E-state index in [1.54, 1.807) is 4.90 Å². The van der Waals surface area contributed by atoms with Gasteiger partial charge in [-0.2, -0.15) is 0 Å². The smallest absolute Gasteiger partial charge is 0.410 e. The topological polar surface area (TPSA) is 86.9 Å². The Morgan fingerprint density at radius 3 is 2.75 bits per heavy atom. The Kier molecular flexibility index (Phi) is 5.77. The van der Waals surface area contributed by atoms with Crippen molar-refractivity contribution < 1.29 is 23.4 Å². The normalized spacial score (nSPS) is 21.7. The van der Waals surface area contributed by atoms with Crippen LogP contribution >= 0.6 is 0 Å². The first-order valence-electron chi connectivity index (χ1n) is 9.31. The molecule has 152 valence electrons. The van der Waals surface area contributed by atoms with Crippen LogP contribution in [0.3, 0.4) is 0 Å². The number of anilines is 1. The molecule has 7 nitrogen and oxygen atoms in total. The van der Waals surface area contributed by atoms with Crippen LogP contribution in [-0.4, -0.2) is 59.6 Å². The maximum absolute atomic E-state index is 14.0. The number of nitrogen functional groups attached to an aromatic ring is 1. The van der Waals surface area contributed by atoms with Crippen molar-refractivity contribution in [2.45, 2.75) is 50.9 Å². The SMILES string of the molecule is CC(C)(C)OC(=O)N1C[C@@H](C#Cc2c(N)cncc2F)OC2(CCOCC2)C1. The lowest BCUT2D eigenvalue weighted by Crippen LogP contribution is -2.59.